The largest absolute Gasteiger partial charge is 0.449 e. The Morgan fingerprint density at radius 1 is 1.18 bits per heavy atom. The fraction of sp³-hybridized carbons (Fsp3) is 0.333. The number of hydrogen-bond acceptors (Lipinski definition) is 6. The van der Waals surface area contributed by atoms with Gasteiger partial charge in [-0.05, 0) is 31.0 Å². The number of fused-ring (bicyclic) bond motifs is 3. The van der Waals surface area contributed by atoms with Crippen LogP contribution in [0, 0.1) is 0 Å². The summed E-state index contributed by atoms with van der Waals surface area (Å²) in [5.74, 6) is -0.230. The third kappa shape index (κ3) is 2.08. The molecule has 1 saturated carbocycles. The number of para-hydroxylation sites is 1. The van der Waals surface area contributed by atoms with Gasteiger partial charge in [0.05, 0.1) is 22.3 Å². The topological polar surface area (TPSA) is 72.4 Å². The van der Waals surface area contributed by atoms with Crippen LogP contribution in [0.2, 0.25) is 0 Å². The molecule has 1 unspecified atom stereocenters. The molecule has 2 aliphatic heterocycles. The first-order chi connectivity index (χ1) is 13.6. The van der Waals surface area contributed by atoms with Crippen LogP contribution in [0.5, 0.6) is 0 Å². The van der Waals surface area contributed by atoms with E-state index in [0.29, 0.717) is 25.1 Å². The quantitative estimate of drug-likeness (QED) is 0.628. The predicted molar refractivity (Wildman–Crippen MR) is 103 cm³/mol. The van der Waals surface area contributed by atoms with Crippen molar-refractivity contribution in [3.05, 3.63) is 58.9 Å². The van der Waals surface area contributed by atoms with Gasteiger partial charge in [0.15, 0.2) is 5.60 Å². The smallest absolute Gasteiger partial charge is 0.341 e. The molecule has 7 heteroatoms. The van der Waals surface area contributed by atoms with Gasteiger partial charge in [0.2, 0.25) is 5.91 Å². The molecular weight excluding hydrogens is 374 g/mol. The Labute approximate surface area is 165 Å². The van der Waals surface area contributed by atoms with Gasteiger partial charge in [0, 0.05) is 30.9 Å². The van der Waals surface area contributed by atoms with Crippen LogP contribution in [0.4, 0.5) is 0 Å². The molecule has 1 atom stereocenters. The number of pyridine rings is 1. The molecule has 28 heavy (non-hydrogen) atoms. The predicted octanol–water partition coefficient (Wildman–Crippen LogP) is 3.02. The third-order valence-electron chi connectivity index (χ3n) is 6.20. The second kappa shape index (κ2) is 5.38. The maximum absolute atomic E-state index is 13.5. The number of carbonyl (C=O) groups excluding carboxylic acids is 2. The van der Waals surface area contributed by atoms with Crippen molar-refractivity contribution in [2.24, 2.45) is 0 Å². The Morgan fingerprint density at radius 2 is 2.04 bits per heavy atom. The molecule has 140 valence electrons. The standard InChI is InChI=1S/C21H17N3O3S/c25-17-13-11-22-9-5-14(13)21(27-17)8-10-24(12-21)19(26)20(6-7-20)18-23-15-3-1-2-4-16(15)28-18/h1-5,9,11H,6-8,10,12H2. The van der Waals surface area contributed by atoms with Crippen LogP contribution in [0.1, 0.15) is 40.2 Å². The van der Waals surface area contributed by atoms with Crippen molar-refractivity contribution in [3.8, 4) is 0 Å². The van der Waals surface area contributed by atoms with Crippen LogP contribution in [-0.2, 0) is 20.5 Å². The Morgan fingerprint density at radius 3 is 2.86 bits per heavy atom. The molecule has 2 fully saturated rings. The average molecular weight is 391 g/mol. The first-order valence-corrected chi connectivity index (χ1v) is 10.3. The monoisotopic (exact) mass is 391 g/mol. The highest BCUT2D eigenvalue weighted by Gasteiger charge is 2.59. The van der Waals surface area contributed by atoms with Gasteiger partial charge in [-0.15, -0.1) is 11.3 Å². The molecule has 3 aromatic rings. The van der Waals surface area contributed by atoms with E-state index in [1.54, 1.807) is 23.7 Å². The lowest BCUT2D eigenvalue weighted by Gasteiger charge is -2.26. The number of aromatic nitrogens is 2. The second-order valence-electron chi connectivity index (χ2n) is 7.85. The summed E-state index contributed by atoms with van der Waals surface area (Å²) in [7, 11) is 0. The van der Waals surface area contributed by atoms with Gasteiger partial charge in [0.1, 0.15) is 10.4 Å². The van der Waals surface area contributed by atoms with Gasteiger partial charge in [-0.1, -0.05) is 12.1 Å². The lowest BCUT2D eigenvalue weighted by molar-refractivity contribution is -0.134. The summed E-state index contributed by atoms with van der Waals surface area (Å²) in [6, 6.07) is 9.85. The van der Waals surface area contributed by atoms with Crippen molar-refractivity contribution in [2.45, 2.75) is 30.3 Å². The van der Waals surface area contributed by atoms with E-state index >= 15 is 0 Å². The number of thiazole rings is 1. The van der Waals surface area contributed by atoms with Gasteiger partial charge in [-0.2, -0.15) is 0 Å². The van der Waals surface area contributed by atoms with Crippen molar-refractivity contribution in [1.29, 1.82) is 0 Å². The van der Waals surface area contributed by atoms with E-state index in [9.17, 15) is 9.59 Å². The third-order valence-corrected chi connectivity index (χ3v) is 7.44. The molecule has 1 aromatic carbocycles. The van der Waals surface area contributed by atoms with Crippen molar-refractivity contribution in [3.63, 3.8) is 0 Å². The van der Waals surface area contributed by atoms with Crippen LogP contribution in [0.3, 0.4) is 0 Å². The Bertz CT molecular complexity index is 1120. The van der Waals surface area contributed by atoms with E-state index in [0.717, 1.165) is 33.6 Å². The molecule has 1 aliphatic carbocycles. The molecular formula is C21H17N3O3S. The summed E-state index contributed by atoms with van der Waals surface area (Å²) in [6.45, 7) is 0.988. The fourth-order valence-corrected chi connectivity index (χ4v) is 5.73. The molecule has 3 aliphatic rings. The number of hydrogen-bond donors (Lipinski definition) is 0. The molecule has 4 heterocycles. The van der Waals surface area contributed by atoms with Crippen LogP contribution in [0.25, 0.3) is 10.2 Å². The minimum atomic E-state index is -0.727. The molecule has 2 aromatic heterocycles. The Balaban J connectivity index is 1.32. The molecule has 0 radical (unpaired) electrons. The van der Waals surface area contributed by atoms with Gasteiger partial charge in [-0.25, -0.2) is 9.78 Å². The maximum Gasteiger partial charge on any atom is 0.341 e. The highest BCUT2D eigenvalue weighted by molar-refractivity contribution is 7.18. The van der Waals surface area contributed by atoms with E-state index in [1.165, 1.54) is 0 Å². The molecule has 1 spiro atoms. The summed E-state index contributed by atoms with van der Waals surface area (Å²) in [5, 5.41) is 0.910. The van der Waals surface area contributed by atoms with Crippen LogP contribution < -0.4 is 0 Å². The lowest BCUT2D eigenvalue weighted by atomic mass is 9.93. The maximum atomic E-state index is 13.5. The number of nitrogens with zero attached hydrogens (tertiary/aromatic N) is 3. The number of esters is 1. The summed E-state index contributed by atoms with van der Waals surface area (Å²) >= 11 is 1.61. The molecule has 6 nitrogen and oxygen atoms in total. The zero-order chi connectivity index (χ0) is 18.9. The highest BCUT2D eigenvalue weighted by atomic mass is 32.1. The number of ether oxygens (including phenoxy) is 1. The first-order valence-electron chi connectivity index (χ1n) is 9.45. The highest BCUT2D eigenvalue weighted by Crippen LogP contribution is 2.53. The Hall–Kier alpha value is -2.80. The van der Waals surface area contributed by atoms with Crippen molar-refractivity contribution < 1.29 is 14.3 Å². The fourth-order valence-electron chi connectivity index (χ4n) is 4.52. The SMILES string of the molecule is O=C1OC2(CCN(C(=O)C3(c4nc5ccccc5s4)CC3)C2)c2ccncc21. The molecule has 0 N–H and O–H groups in total. The van der Waals surface area contributed by atoms with Crippen LogP contribution in [0.15, 0.2) is 42.7 Å². The van der Waals surface area contributed by atoms with E-state index in [4.69, 9.17) is 9.72 Å². The summed E-state index contributed by atoms with van der Waals surface area (Å²) in [4.78, 5) is 36.4. The van der Waals surface area contributed by atoms with E-state index in [-0.39, 0.29) is 11.9 Å². The molecule has 1 saturated heterocycles. The van der Waals surface area contributed by atoms with Gasteiger partial charge in [-0.3, -0.25) is 9.78 Å². The minimum Gasteiger partial charge on any atom is -0.449 e. The normalized spacial score (nSPS) is 24.6. The van der Waals surface area contributed by atoms with Crippen molar-refractivity contribution in [2.75, 3.05) is 13.1 Å². The molecule has 1 amide bonds. The zero-order valence-electron chi connectivity index (χ0n) is 15.1. The molecule has 0 bridgehead atoms. The zero-order valence-corrected chi connectivity index (χ0v) is 15.9. The number of rotatable bonds is 2. The van der Waals surface area contributed by atoms with Crippen LogP contribution >= 0.6 is 11.3 Å². The van der Waals surface area contributed by atoms with E-state index < -0.39 is 11.0 Å². The first kappa shape index (κ1) is 16.2. The average Bonchev–Trinajstić information content (AvgIpc) is 3.11. The van der Waals surface area contributed by atoms with Crippen LogP contribution in [-0.4, -0.2) is 39.8 Å². The Kier molecular flexibility index (Phi) is 3.11. The minimum absolute atomic E-state index is 0.113. The van der Waals surface area contributed by atoms with Gasteiger partial charge >= 0.3 is 5.97 Å². The number of carbonyl (C=O) groups is 2. The lowest BCUT2D eigenvalue weighted by Crippen LogP contribution is -2.40. The summed E-state index contributed by atoms with van der Waals surface area (Å²) in [6.07, 6.45) is 5.51. The van der Waals surface area contributed by atoms with Gasteiger partial charge in [0.25, 0.3) is 0 Å². The van der Waals surface area contributed by atoms with Crippen molar-refractivity contribution in [1.82, 2.24) is 14.9 Å². The van der Waals surface area contributed by atoms with Crippen molar-refractivity contribution >= 4 is 33.4 Å². The molecule has 6 rings (SSSR count). The van der Waals surface area contributed by atoms with E-state index in [2.05, 4.69) is 4.98 Å². The number of likely N-dealkylation sites (tertiary alicyclic amines) is 1. The van der Waals surface area contributed by atoms with E-state index in [1.807, 2.05) is 35.2 Å². The number of amides is 1. The second-order valence-corrected chi connectivity index (χ2v) is 8.88. The summed E-state index contributed by atoms with van der Waals surface area (Å²) < 4.78 is 6.87. The summed E-state index contributed by atoms with van der Waals surface area (Å²) in [5.41, 5.74) is 1.09. The van der Waals surface area contributed by atoms with Gasteiger partial charge < -0.3 is 9.64 Å². The number of benzene rings is 1.